The van der Waals surface area contributed by atoms with Crippen molar-refractivity contribution in [3.8, 4) is 0 Å². The third kappa shape index (κ3) is 1.99. The van der Waals surface area contributed by atoms with Crippen molar-refractivity contribution in [2.45, 2.75) is 37.5 Å². The number of hydrogen-bond acceptors (Lipinski definition) is 3. The van der Waals surface area contributed by atoms with Crippen molar-refractivity contribution in [2.75, 3.05) is 13.2 Å². The van der Waals surface area contributed by atoms with E-state index in [2.05, 4.69) is 24.4 Å². The molecule has 17 heavy (non-hydrogen) atoms. The van der Waals surface area contributed by atoms with Crippen LogP contribution in [0.4, 0.5) is 0 Å². The number of fused-ring (bicyclic) bond motifs is 2. The van der Waals surface area contributed by atoms with E-state index in [4.69, 9.17) is 4.74 Å². The summed E-state index contributed by atoms with van der Waals surface area (Å²) in [6.45, 7) is 3.50. The van der Waals surface area contributed by atoms with Gasteiger partial charge in [-0.3, -0.25) is 0 Å². The summed E-state index contributed by atoms with van der Waals surface area (Å²) in [7, 11) is 0. The maximum absolute atomic E-state index is 10.9. The van der Waals surface area contributed by atoms with Gasteiger partial charge in [0.1, 0.15) is 0 Å². The van der Waals surface area contributed by atoms with Crippen LogP contribution in [0.3, 0.4) is 0 Å². The number of aryl methyl sites for hydroxylation is 1. The van der Waals surface area contributed by atoms with Crippen molar-refractivity contribution < 1.29 is 9.84 Å². The minimum atomic E-state index is -0.685. The van der Waals surface area contributed by atoms with Crippen molar-refractivity contribution in [2.24, 2.45) is 0 Å². The van der Waals surface area contributed by atoms with Gasteiger partial charge < -0.3 is 15.2 Å². The van der Waals surface area contributed by atoms with Gasteiger partial charge in [0.2, 0.25) is 0 Å². The van der Waals surface area contributed by atoms with Crippen LogP contribution in [-0.4, -0.2) is 30.4 Å². The van der Waals surface area contributed by atoms with Gasteiger partial charge in [-0.15, -0.1) is 0 Å². The third-order valence-corrected chi connectivity index (χ3v) is 3.92. The Bertz CT molecular complexity index is 406. The highest BCUT2D eigenvalue weighted by Gasteiger charge is 2.42. The van der Waals surface area contributed by atoms with Gasteiger partial charge in [-0.25, -0.2) is 0 Å². The molecule has 0 aromatic heterocycles. The van der Waals surface area contributed by atoms with Crippen LogP contribution in [0.5, 0.6) is 0 Å². The zero-order chi connectivity index (χ0) is 11.9. The minimum absolute atomic E-state index is 0.284. The Morgan fingerprint density at radius 1 is 1.24 bits per heavy atom. The van der Waals surface area contributed by atoms with Crippen molar-refractivity contribution in [1.29, 1.82) is 0 Å². The van der Waals surface area contributed by atoms with E-state index < -0.39 is 5.60 Å². The lowest BCUT2D eigenvalue weighted by Gasteiger charge is -2.45. The van der Waals surface area contributed by atoms with Crippen molar-refractivity contribution in [3.63, 3.8) is 0 Å². The van der Waals surface area contributed by atoms with E-state index >= 15 is 0 Å². The van der Waals surface area contributed by atoms with Gasteiger partial charge in [-0.05, 0) is 30.9 Å². The maximum atomic E-state index is 10.9. The normalized spacial score (nSPS) is 36.8. The summed E-state index contributed by atoms with van der Waals surface area (Å²) in [4.78, 5) is 0. The van der Waals surface area contributed by atoms with Crippen LogP contribution >= 0.6 is 0 Å². The first-order valence-corrected chi connectivity index (χ1v) is 6.30. The van der Waals surface area contributed by atoms with Gasteiger partial charge in [0.15, 0.2) is 0 Å². The molecule has 0 saturated carbocycles. The average molecular weight is 233 g/mol. The summed E-state index contributed by atoms with van der Waals surface area (Å²) in [6.07, 6.45) is 1.49. The minimum Gasteiger partial charge on any atom is -0.385 e. The summed E-state index contributed by atoms with van der Waals surface area (Å²) in [6, 6.07) is 8.72. The fourth-order valence-corrected chi connectivity index (χ4v) is 3.23. The zero-order valence-corrected chi connectivity index (χ0v) is 10.1. The molecule has 0 amide bonds. The molecule has 2 bridgehead atoms. The quantitative estimate of drug-likeness (QED) is 0.769. The van der Waals surface area contributed by atoms with Gasteiger partial charge in [0.25, 0.3) is 0 Å². The molecule has 3 heteroatoms. The molecule has 3 nitrogen and oxygen atoms in total. The monoisotopic (exact) mass is 233 g/mol. The molecule has 1 aromatic carbocycles. The molecule has 3 rings (SSSR count). The highest BCUT2D eigenvalue weighted by Crippen LogP contribution is 2.37. The molecule has 2 saturated heterocycles. The van der Waals surface area contributed by atoms with E-state index in [0.717, 1.165) is 18.4 Å². The van der Waals surface area contributed by atoms with E-state index in [-0.39, 0.29) is 12.1 Å². The zero-order valence-electron chi connectivity index (χ0n) is 10.1. The van der Waals surface area contributed by atoms with Gasteiger partial charge in [0.05, 0.1) is 18.8 Å². The largest absolute Gasteiger partial charge is 0.385 e. The number of morpholine rings is 1. The lowest BCUT2D eigenvalue weighted by Crippen LogP contribution is -2.58. The van der Waals surface area contributed by atoms with E-state index in [1.165, 1.54) is 5.56 Å². The van der Waals surface area contributed by atoms with Crippen LogP contribution in [0.1, 0.15) is 24.0 Å². The fourth-order valence-electron chi connectivity index (χ4n) is 3.23. The number of hydrogen-bond donors (Lipinski definition) is 2. The second-order valence-corrected chi connectivity index (χ2v) is 5.35. The predicted molar refractivity (Wildman–Crippen MR) is 65.8 cm³/mol. The Morgan fingerprint density at radius 3 is 2.53 bits per heavy atom. The number of nitrogens with one attached hydrogen (secondary N) is 1. The molecule has 2 fully saturated rings. The molecular weight excluding hydrogens is 214 g/mol. The Kier molecular flexibility index (Phi) is 2.69. The number of ether oxygens (including phenoxy) is 1. The summed E-state index contributed by atoms with van der Waals surface area (Å²) < 4.78 is 5.52. The number of aliphatic hydroxyl groups is 1. The van der Waals surface area contributed by atoms with Crippen molar-refractivity contribution >= 4 is 0 Å². The first kappa shape index (κ1) is 11.2. The molecule has 0 spiro atoms. The molecule has 0 radical (unpaired) electrons. The Hall–Kier alpha value is -0.900. The van der Waals surface area contributed by atoms with E-state index in [1.54, 1.807) is 0 Å². The van der Waals surface area contributed by atoms with Gasteiger partial charge in [-0.1, -0.05) is 24.3 Å². The molecule has 0 aliphatic carbocycles. The standard InChI is InChI=1S/C14H19NO2/c1-10-4-2-3-5-13(10)14(16)6-11-8-17-9-12(7-14)15-11/h2-5,11-12,15-16H,6-9H2,1H3. The first-order chi connectivity index (χ1) is 8.17. The maximum Gasteiger partial charge on any atom is 0.0930 e. The summed E-state index contributed by atoms with van der Waals surface area (Å²) >= 11 is 0. The highest BCUT2D eigenvalue weighted by atomic mass is 16.5. The van der Waals surface area contributed by atoms with E-state index in [1.807, 2.05) is 12.1 Å². The smallest absolute Gasteiger partial charge is 0.0930 e. The van der Waals surface area contributed by atoms with Crippen molar-refractivity contribution in [3.05, 3.63) is 35.4 Å². The first-order valence-electron chi connectivity index (χ1n) is 6.30. The van der Waals surface area contributed by atoms with Gasteiger partial charge >= 0.3 is 0 Å². The second kappa shape index (κ2) is 4.09. The summed E-state index contributed by atoms with van der Waals surface area (Å²) in [5.41, 5.74) is 1.57. The van der Waals surface area contributed by atoms with Crippen LogP contribution in [-0.2, 0) is 10.3 Å². The van der Waals surface area contributed by atoms with Gasteiger partial charge in [0, 0.05) is 12.1 Å². The molecule has 2 N–H and O–H groups in total. The summed E-state index contributed by atoms with van der Waals surface area (Å²) in [5, 5.41) is 14.4. The van der Waals surface area contributed by atoms with Crippen LogP contribution in [0.25, 0.3) is 0 Å². The van der Waals surface area contributed by atoms with Crippen LogP contribution < -0.4 is 5.32 Å². The van der Waals surface area contributed by atoms with Crippen molar-refractivity contribution in [1.82, 2.24) is 5.32 Å². The molecule has 2 atom stereocenters. The molecule has 1 aromatic rings. The SMILES string of the molecule is Cc1ccccc1C1(O)CC2COCC(C1)N2. The molecule has 2 aliphatic rings. The summed E-state index contributed by atoms with van der Waals surface area (Å²) in [5.74, 6) is 0. The number of rotatable bonds is 1. The third-order valence-electron chi connectivity index (χ3n) is 3.92. The lowest BCUT2D eigenvalue weighted by atomic mass is 9.77. The predicted octanol–water partition coefficient (Wildman–Crippen LogP) is 1.33. The Morgan fingerprint density at radius 2 is 1.88 bits per heavy atom. The van der Waals surface area contributed by atoms with Gasteiger partial charge in [-0.2, -0.15) is 0 Å². The molecule has 2 heterocycles. The molecule has 2 aliphatic heterocycles. The van der Waals surface area contributed by atoms with Crippen LogP contribution in [0.15, 0.2) is 24.3 Å². The van der Waals surface area contributed by atoms with E-state index in [0.29, 0.717) is 13.2 Å². The fraction of sp³-hybridized carbons (Fsp3) is 0.571. The van der Waals surface area contributed by atoms with E-state index in [9.17, 15) is 5.11 Å². The Balaban J connectivity index is 1.93. The second-order valence-electron chi connectivity index (χ2n) is 5.35. The topological polar surface area (TPSA) is 41.5 Å². The molecular formula is C14H19NO2. The molecule has 92 valence electrons. The van der Waals surface area contributed by atoms with Crippen LogP contribution in [0, 0.1) is 6.92 Å². The lowest BCUT2D eigenvalue weighted by molar-refractivity contribution is -0.0805. The number of piperidine rings is 1. The average Bonchev–Trinajstić information content (AvgIpc) is 2.28. The number of benzene rings is 1. The molecule has 2 unspecified atom stereocenters. The Labute approximate surface area is 102 Å². The van der Waals surface area contributed by atoms with Crippen LogP contribution in [0.2, 0.25) is 0 Å². The highest BCUT2D eigenvalue weighted by molar-refractivity contribution is 5.32.